The molecule has 114 valence electrons. The smallest absolute Gasteiger partial charge is 0.145 e. The van der Waals surface area contributed by atoms with Gasteiger partial charge < -0.3 is 0 Å². The van der Waals surface area contributed by atoms with Crippen molar-refractivity contribution in [1.82, 2.24) is 20.2 Å². The van der Waals surface area contributed by atoms with Crippen LogP contribution in [0, 0.1) is 5.82 Å². The summed E-state index contributed by atoms with van der Waals surface area (Å²) in [5, 5.41) is 4.30. The van der Waals surface area contributed by atoms with E-state index in [0.717, 1.165) is 5.82 Å². The highest BCUT2D eigenvalue weighted by Gasteiger charge is 2.17. The van der Waals surface area contributed by atoms with Crippen LogP contribution in [0.15, 0.2) is 24.5 Å². The molecule has 3 N–H and O–H groups in total. The van der Waals surface area contributed by atoms with Gasteiger partial charge in [-0.2, -0.15) is 5.10 Å². The monoisotopic (exact) mass is 311 g/mol. The molecule has 0 saturated heterocycles. The van der Waals surface area contributed by atoms with Crippen LogP contribution in [-0.2, 0) is 12.8 Å². The number of rotatable bonds is 6. The Labute approximate surface area is 128 Å². The number of hydrazine groups is 1. The lowest BCUT2D eigenvalue weighted by atomic mass is 10.0. The van der Waals surface area contributed by atoms with E-state index in [9.17, 15) is 4.39 Å². The third-order valence-corrected chi connectivity index (χ3v) is 3.59. The van der Waals surface area contributed by atoms with Gasteiger partial charge in [0, 0.05) is 18.5 Å². The van der Waals surface area contributed by atoms with Gasteiger partial charge in [0.1, 0.15) is 18.0 Å². The fourth-order valence-electron chi connectivity index (χ4n) is 2.23. The highest BCUT2D eigenvalue weighted by molar-refractivity contribution is 6.30. The number of nitrogens with zero attached hydrogens (tertiary/aromatic N) is 3. The van der Waals surface area contributed by atoms with E-state index in [0.29, 0.717) is 18.4 Å². The second kappa shape index (κ2) is 6.98. The lowest BCUT2D eigenvalue weighted by molar-refractivity contribution is 0.454. The van der Waals surface area contributed by atoms with Gasteiger partial charge in [-0.25, -0.2) is 14.1 Å². The summed E-state index contributed by atoms with van der Waals surface area (Å²) in [5.74, 6) is 6.01. The molecule has 5 nitrogen and oxygen atoms in total. The second-order valence-electron chi connectivity index (χ2n) is 5.20. The molecule has 0 amide bonds. The molecular formula is C14H19ClFN5. The molecule has 1 unspecified atom stereocenters. The van der Waals surface area contributed by atoms with Crippen LogP contribution in [0.3, 0.4) is 0 Å². The van der Waals surface area contributed by atoms with Crippen molar-refractivity contribution in [3.05, 3.63) is 46.8 Å². The van der Waals surface area contributed by atoms with E-state index in [-0.39, 0.29) is 17.1 Å². The lowest BCUT2D eigenvalue weighted by Crippen LogP contribution is -2.39. The maximum atomic E-state index is 14.0. The number of hydrogen-bond acceptors (Lipinski definition) is 4. The first kappa shape index (κ1) is 15.9. The van der Waals surface area contributed by atoms with Crippen LogP contribution >= 0.6 is 11.6 Å². The molecule has 2 aromatic rings. The molecule has 7 heteroatoms. The zero-order chi connectivity index (χ0) is 15.4. The molecular weight excluding hydrogens is 293 g/mol. The van der Waals surface area contributed by atoms with E-state index in [1.165, 1.54) is 12.4 Å². The zero-order valence-electron chi connectivity index (χ0n) is 12.1. The first-order valence-electron chi connectivity index (χ1n) is 6.80. The highest BCUT2D eigenvalue weighted by atomic mass is 35.5. The predicted molar refractivity (Wildman–Crippen MR) is 80.3 cm³/mol. The van der Waals surface area contributed by atoms with Crippen LogP contribution < -0.4 is 11.3 Å². The van der Waals surface area contributed by atoms with Crippen molar-refractivity contribution < 1.29 is 4.39 Å². The number of nitrogens with one attached hydrogen (secondary N) is 1. The van der Waals surface area contributed by atoms with Crippen LogP contribution in [0.4, 0.5) is 4.39 Å². The molecule has 0 aliphatic rings. The minimum atomic E-state index is -0.398. The summed E-state index contributed by atoms with van der Waals surface area (Å²) < 4.78 is 15.8. The summed E-state index contributed by atoms with van der Waals surface area (Å²) in [4.78, 5) is 4.24. The Hall–Kier alpha value is -1.50. The van der Waals surface area contributed by atoms with Gasteiger partial charge in [-0.05, 0) is 31.9 Å². The summed E-state index contributed by atoms with van der Waals surface area (Å²) in [6.07, 6.45) is 2.50. The largest absolute Gasteiger partial charge is 0.271 e. The van der Waals surface area contributed by atoms with Crippen molar-refractivity contribution in [2.24, 2.45) is 5.84 Å². The van der Waals surface area contributed by atoms with E-state index in [1.807, 2.05) is 18.5 Å². The fourth-order valence-corrected chi connectivity index (χ4v) is 2.43. The van der Waals surface area contributed by atoms with Gasteiger partial charge >= 0.3 is 0 Å². The lowest BCUT2D eigenvalue weighted by Gasteiger charge is -2.17. The zero-order valence-corrected chi connectivity index (χ0v) is 12.8. The third-order valence-electron chi connectivity index (χ3n) is 3.30. The number of halogens is 2. The van der Waals surface area contributed by atoms with Crippen molar-refractivity contribution in [3.8, 4) is 0 Å². The fraction of sp³-hybridized carbons (Fsp3) is 0.429. The molecule has 1 heterocycles. The van der Waals surface area contributed by atoms with Crippen LogP contribution in [-0.4, -0.2) is 20.8 Å². The number of hydrogen-bond donors (Lipinski definition) is 2. The molecule has 0 aliphatic heterocycles. The SMILES string of the molecule is CC(C)n1ncnc1CC(Cc1cccc(Cl)c1F)NN. The molecule has 0 saturated carbocycles. The molecule has 0 bridgehead atoms. The van der Waals surface area contributed by atoms with Crippen LogP contribution in [0.5, 0.6) is 0 Å². The molecule has 0 spiro atoms. The molecule has 0 fully saturated rings. The molecule has 1 aromatic carbocycles. The summed E-state index contributed by atoms with van der Waals surface area (Å²) >= 11 is 5.80. The maximum absolute atomic E-state index is 14.0. The Morgan fingerprint density at radius 3 is 2.81 bits per heavy atom. The van der Waals surface area contributed by atoms with Gasteiger partial charge in [0.2, 0.25) is 0 Å². The van der Waals surface area contributed by atoms with Crippen LogP contribution in [0.1, 0.15) is 31.3 Å². The van der Waals surface area contributed by atoms with Crippen LogP contribution in [0.25, 0.3) is 0 Å². The van der Waals surface area contributed by atoms with E-state index in [1.54, 1.807) is 12.1 Å². The van der Waals surface area contributed by atoms with E-state index >= 15 is 0 Å². The number of aromatic nitrogens is 3. The van der Waals surface area contributed by atoms with Gasteiger partial charge in [0.05, 0.1) is 5.02 Å². The normalized spacial score (nSPS) is 12.9. The molecule has 2 rings (SSSR count). The summed E-state index contributed by atoms with van der Waals surface area (Å²) in [5.41, 5.74) is 3.24. The Morgan fingerprint density at radius 1 is 1.38 bits per heavy atom. The van der Waals surface area contributed by atoms with E-state index in [4.69, 9.17) is 17.4 Å². The van der Waals surface area contributed by atoms with Gasteiger partial charge in [-0.15, -0.1) is 0 Å². The third kappa shape index (κ3) is 3.78. The minimum Gasteiger partial charge on any atom is -0.271 e. The van der Waals surface area contributed by atoms with Crippen molar-refractivity contribution in [2.75, 3.05) is 0 Å². The Balaban J connectivity index is 2.13. The van der Waals surface area contributed by atoms with Gasteiger partial charge in [0.25, 0.3) is 0 Å². The molecule has 1 atom stereocenters. The highest BCUT2D eigenvalue weighted by Crippen LogP contribution is 2.20. The van der Waals surface area contributed by atoms with Crippen molar-refractivity contribution >= 4 is 11.6 Å². The maximum Gasteiger partial charge on any atom is 0.145 e. The minimum absolute atomic E-state index is 0.119. The van der Waals surface area contributed by atoms with Gasteiger partial charge in [0.15, 0.2) is 0 Å². The van der Waals surface area contributed by atoms with Crippen molar-refractivity contribution in [2.45, 2.75) is 38.8 Å². The Bertz CT molecular complexity index is 599. The van der Waals surface area contributed by atoms with Gasteiger partial charge in [-0.1, -0.05) is 23.7 Å². The van der Waals surface area contributed by atoms with Gasteiger partial charge in [-0.3, -0.25) is 11.3 Å². The van der Waals surface area contributed by atoms with Crippen LogP contribution in [0.2, 0.25) is 5.02 Å². The Kier molecular flexibility index (Phi) is 5.27. The van der Waals surface area contributed by atoms with E-state index < -0.39 is 5.82 Å². The van der Waals surface area contributed by atoms with Crippen molar-refractivity contribution in [3.63, 3.8) is 0 Å². The molecule has 0 aliphatic carbocycles. The quantitative estimate of drug-likeness (QED) is 0.634. The molecule has 21 heavy (non-hydrogen) atoms. The van der Waals surface area contributed by atoms with E-state index in [2.05, 4.69) is 15.5 Å². The second-order valence-corrected chi connectivity index (χ2v) is 5.61. The number of nitrogens with two attached hydrogens (primary N) is 1. The topological polar surface area (TPSA) is 68.8 Å². The molecule has 0 radical (unpaired) electrons. The molecule has 1 aromatic heterocycles. The summed E-state index contributed by atoms with van der Waals surface area (Å²) in [7, 11) is 0. The number of benzene rings is 1. The first-order chi connectivity index (χ1) is 10.0. The van der Waals surface area contributed by atoms with Crippen molar-refractivity contribution in [1.29, 1.82) is 0 Å². The summed E-state index contributed by atoms with van der Waals surface area (Å²) in [6, 6.07) is 5.02. The summed E-state index contributed by atoms with van der Waals surface area (Å²) in [6.45, 7) is 4.05. The standard InChI is InChI=1S/C14H19ClFN5/c1-9(2)21-13(18-8-19-21)7-11(20-17)6-10-4-3-5-12(15)14(10)16/h3-5,8-9,11,20H,6-7,17H2,1-2H3. The first-order valence-corrected chi connectivity index (χ1v) is 7.18. The Morgan fingerprint density at radius 2 is 2.14 bits per heavy atom. The predicted octanol–water partition coefficient (Wildman–Crippen LogP) is 2.27. The average Bonchev–Trinajstić information content (AvgIpc) is 2.91. The average molecular weight is 312 g/mol.